The smallest absolute Gasteiger partial charge is 0.0618 e. The molecule has 10 rings (SSSR count). The molecular weight excluding hydrogens is 653 g/mol. The lowest BCUT2D eigenvalue weighted by Crippen LogP contribution is -2.13. The Morgan fingerprint density at radius 2 is 0.870 bits per heavy atom. The third kappa shape index (κ3) is 5.36. The Morgan fingerprint density at radius 3 is 1.65 bits per heavy atom. The second kappa shape index (κ2) is 13.4. The largest absolute Gasteiger partial charge is 0.309 e. The van der Waals surface area contributed by atoms with Gasteiger partial charge in [0.05, 0.1) is 22.4 Å². The van der Waals surface area contributed by atoms with Crippen LogP contribution in [0.25, 0.3) is 71.6 Å². The normalized spacial score (nSPS) is 11.3. The number of nitrogens with zero attached hydrogens (tertiary/aromatic N) is 2. The van der Waals surface area contributed by atoms with E-state index in [9.17, 15) is 0 Å². The molecule has 0 fully saturated rings. The summed E-state index contributed by atoms with van der Waals surface area (Å²) >= 11 is 0. The van der Waals surface area contributed by atoms with E-state index in [1.807, 2.05) is 0 Å². The fraction of sp³-hybridized carbons (Fsp3) is 0. The molecule has 0 aliphatic heterocycles. The van der Waals surface area contributed by atoms with Crippen molar-refractivity contribution in [2.24, 2.45) is 0 Å². The minimum absolute atomic E-state index is 1.09. The quantitative estimate of drug-likeness (QED) is 0.162. The third-order valence-electron chi connectivity index (χ3n) is 10.6. The van der Waals surface area contributed by atoms with Crippen LogP contribution in [0.2, 0.25) is 0 Å². The second-order valence-electron chi connectivity index (χ2n) is 13.7. The lowest BCUT2D eigenvalue weighted by atomic mass is 9.91. The van der Waals surface area contributed by atoms with E-state index in [4.69, 9.17) is 0 Å². The van der Waals surface area contributed by atoms with Crippen molar-refractivity contribution in [3.8, 4) is 39.1 Å². The van der Waals surface area contributed by atoms with Crippen molar-refractivity contribution in [1.29, 1.82) is 0 Å². The zero-order valence-electron chi connectivity index (χ0n) is 29.7. The maximum absolute atomic E-state index is 2.51. The third-order valence-corrected chi connectivity index (χ3v) is 10.6. The molecule has 2 nitrogen and oxygen atoms in total. The number of benzene rings is 9. The van der Waals surface area contributed by atoms with Gasteiger partial charge in [0.15, 0.2) is 0 Å². The first-order valence-electron chi connectivity index (χ1n) is 18.5. The van der Waals surface area contributed by atoms with Crippen LogP contribution in [0, 0.1) is 0 Å². The van der Waals surface area contributed by atoms with Crippen molar-refractivity contribution < 1.29 is 0 Å². The van der Waals surface area contributed by atoms with Crippen LogP contribution in [0.5, 0.6) is 0 Å². The number of rotatable bonds is 7. The number of fused-ring (bicyclic) bond motifs is 4. The number of hydrogen-bond donors (Lipinski definition) is 0. The summed E-state index contributed by atoms with van der Waals surface area (Å²) in [5, 5.41) is 4.86. The van der Waals surface area contributed by atoms with Gasteiger partial charge < -0.3 is 9.47 Å². The molecule has 10 aromatic rings. The first kappa shape index (κ1) is 31.6. The molecule has 0 unspecified atom stereocenters. The molecule has 0 saturated carbocycles. The summed E-state index contributed by atoms with van der Waals surface area (Å²) < 4.78 is 2.40. The zero-order valence-corrected chi connectivity index (χ0v) is 29.7. The highest BCUT2D eigenvalue weighted by molar-refractivity contribution is 6.18. The average Bonchev–Trinajstić information content (AvgIpc) is 3.60. The van der Waals surface area contributed by atoms with Crippen LogP contribution in [0.1, 0.15) is 0 Å². The van der Waals surface area contributed by atoms with E-state index < -0.39 is 0 Å². The van der Waals surface area contributed by atoms with Crippen molar-refractivity contribution in [2.75, 3.05) is 4.90 Å². The minimum Gasteiger partial charge on any atom is -0.309 e. The van der Waals surface area contributed by atoms with Crippen LogP contribution in [-0.2, 0) is 0 Å². The minimum atomic E-state index is 1.09. The maximum Gasteiger partial charge on any atom is 0.0618 e. The summed E-state index contributed by atoms with van der Waals surface area (Å²) in [5.41, 5.74) is 13.9. The first-order chi connectivity index (χ1) is 26.8. The van der Waals surface area contributed by atoms with Gasteiger partial charge in [-0.1, -0.05) is 176 Å². The molecular formula is C52H36N2. The molecule has 0 amide bonds. The number of para-hydroxylation sites is 3. The standard InChI is InChI=1S/C52H36N2/c1-4-17-37(18-5-1)38-33-35-42(36-34-38)54(50-32-16-31-49-51(50)47-26-12-13-30-48(47)53(49)41-23-8-3-9-24-41)52-44(40-19-6-2-7-20-40)27-15-29-46(52)45-28-14-22-39-21-10-11-25-43(39)45/h1-36H. The Bertz CT molecular complexity index is 2900. The van der Waals surface area contributed by atoms with Gasteiger partial charge in [-0.15, -0.1) is 0 Å². The summed E-state index contributed by atoms with van der Waals surface area (Å²) in [6.07, 6.45) is 0. The van der Waals surface area contributed by atoms with Crippen LogP contribution < -0.4 is 4.90 Å². The number of aromatic nitrogens is 1. The number of anilines is 3. The van der Waals surface area contributed by atoms with Crippen LogP contribution in [0.15, 0.2) is 218 Å². The van der Waals surface area contributed by atoms with Crippen LogP contribution in [0.3, 0.4) is 0 Å². The predicted octanol–water partition coefficient (Wildman–Crippen LogP) is 14.4. The lowest BCUT2D eigenvalue weighted by molar-refractivity contribution is 1.18. The van der Waals surface area contributed by atoms with Crippen molar-refractivity contribution >= 4 is 49.6 Å². The molecule has 2 heteroatoms. The van der Waals surface area contributed by atoms with Gasteiger partial charge in [-0.3, -0.25) is 0 Å². The monoisotopic (exact) mass is 688 g/mol. The summed E-state index contributed by atoms with van der Waals surface area (Å²) in [4.78, 5) is 2.51. The fourth-order valence-corrected chi connectivity index (χ4v) is 8.18. The van der Waals surface area contributed by atoms with Gasteiger partial charge in [-0.2, -0.15) is 0 Å². The van der Waals surface area contributed by atoms with Gasteiger partial charge in [-0.25, -0.2) is 0 Å². The van der Waals surface area contributed by atoms with E-state index in [-0.39, 0.29) is 0 Å². The second-order valence-corrected chi connectivity index (χ2v) is 13.7. The van der Waals surface area contributed by atoms with Gasteiger partial charge in [0.1, 0.15) is 0 Å². The Kier molecular flexibility index (Phi) is 7.85. The van der Waals surface area contributed by atoms with Crippen LogP contribution in [-0.4, -0.2) is 4.57 Å². The van der Waals surface area contributed by atoms with E-state index in [1.165, 1.54) is 54.9 Å². The van der Waals surface area contributed by atoms with Gasteiger partial charge in [-0.05, 0) is 75.5 Å². The molecule has 0 atom stereocenters. The Labute approximate surface area is 315 Å². The van der Waals surface area contributed by atoms with E-state index in [0.29, 0.717) is 0 Å². The molecule has 0 bridgehead atoms. The molecule has 254 valence electrons. The van der Waals surface area contributed by atoms with E-state index >= 15 is 0 Å². The van der Waals surface area contributed by atoms with Gasteiger partial charge in [0.2, 0.25) is 0 Å². The van der Waals surface area contributed by atoms with E-state index in [2.05, 4.69) is 228 Å². The van der Waals surface area contributed by atoms with Crippen LogP contribution >= 0.6 is 0 Å². The van der Waals surface area contributed by atoms with Crippen molar-refractivity contribution in [3.05, 3.63) is 218 Å². The molecule has 0 spiro atoms. The van der Waals surface area contributed by atoms with Gasteiger partial charge in [0, 0.05) is 33.3 Å². The molecule has 0 radical (unpaired) electrons. The van der Waals surface area contributed by atoms with Crippen molar-refractivity contribution in [1.82, 2.24) is 4.57 Å². The molecule has 0 aliphatic rings. The van der Waals surface area contributed by atoms with Gasteiger partial charge >= 0.3 is 0 Å². The van der Waals surface area contributed by atoms with Crippen LogP contribution in [0.4, 0.5) is 17.1 Å². The summed E-state index contributed by atoms with van der Waals surface area (Å²) in [6.45, 7) is 0. The fourth-order valence-electron chi connectivity index (χ4n) is 8.18. The molecule has 9 aromatic carbocycles. The summed E-state index contributed by atoms with van der Waals surface area (Å²) in [7, 11) is 0. The summed E-state index contributed by atoms with van der Waals surface area (Å²) in [5.74, 6) is 0. The maximum atomic E-state index is 2.51. The first-order valence-corrected chi connectivity index (χ1v) is 18.5. The van der Waals surface area contributed by atoms with Crippen molar-refractivity contribution in [2.45, 2.75) is 0 Å². The lowest BCUT2D eigenvalue weighted by Gasteiger charge is -2.31. The molecule has 0 saturated heterocycles. The molecule has 54 heavy (non-hydrogen) atoms. The number of hydrogen-bond acceptors (Lipinski definition) is 1. The molecule has 0 aliphatic carbocycles. The Balaban J connectivity index is 1.33. The summed E-state index contributed by atoms with van der Waals surface area (Å²) in [6, 6.07) is 79.0. The molecule has 1 heterocycles. The topological polar surface area (TPSA) is 8.17 Å². The van der Waals surface area contributed by atoms with E-state index in [1.54, 1.807) is 0 Å². The Morgan fingerprint density at radius 1 is 0.333 bits per heavy atom. The van der Waals surface area contributed by atoms with E-state index in [0.717, 1.165) is 33.8 Å². The predicted molar refractivity (Wildman–Crippen MR) is 229 cm³/mol. The zero-order chi connectivity index (χ0) is 35.8. The highest BCUT2D eigenvalue weighted by Crippen LogP contribution is 2.51. The molecule has 1 aromatic heterocycles. The average molecular weight is 689 g/mol. The van der Waals surface area contributed by atoms with Crippen molar-refractivity contribution in [3.63, 3.8) is 0 Å². The highest BCUT2D eigenvalue weighted by atomic mass is 15.2. The SMILES string of the molecule is c1ccc(-c2ccc(N(c3c(-c4ccccc4)cccc3-c3cccc4ccccc34)c3cccc4c3c3ccccc3n4-c3ccccc3)cc2)cc1. The Hall–Kier alpha value is -7.16. The van der Waals surface area contributed by atoms with Gasteiger partial charge in [0.25, 0.3) is 0 Å². The molecule has 0 N–H and O–H groups in total. The highest BCUT2D eigenvalue weighted by Gasteiger charge is 2.26.